The predicted octanol–water partition coefficient (Wildman–Crippen LogP) is 2.91. The summed E-state index contributed by atoms with van der Waals surface area (Å²) in [5, 5.41) is 4.29. The van der Waals surface area contributed by atoms with Crippen LogP contribution < -0.4 is 4.90 Å². The number of aryl methyl sites for hydroxylation is 3. The number of para-hydroxylation sites is 1. The van der Waals surface area contributed by atoms with E-state index in [-0.39, 0.29) is 16.6 Å². The molecule has 0 saturated carbocycles. The molecule has 1 aromatic carbocycles. The number of carbonyl (C=O) groups excluding carboxylic acids is 2. The molecule has 3 rings (SSSR count). The van der Waals surface area contributed by atoms with Gasteiger partial charge in [0.25, 0.3) is 5.91 Å². The molecule has 1 aliphatic rings. The molecule has 2 aromatic rings. The lowest BCUT2D eigenvalue weighted by Crippen LogP contribution is -2.42. The van der Waals surface area contributed by atoms with Crippen LogP contribution in [-0.2, 0) is 23.0 Å². The van der Waals surface area contributed by atoms with Crippen LogP contribution in [0.4, 0.5) is 5.69 Å². The molecular formula is C18H20ClN3O3. The highest BCUT2D eigenvalue weighted by molar-refractivity contribution is 6.32. The normalized spacial score (nSPS) is 14.8. The molecule has 1 amide bonds. The summed E-state index contributed by atoms with van der Waals surface area (Å²) in [6.07, 6.45) is 0.921. The van der Waals surface area contributed by atoms with Gasteiger partial charge in [-0.15, -0.1) is 0 Å². The van der Waals surface area contributed by atoms with Crippen molar-refractivity contribution in [3.05, 3.63) is 46.2 Å². The van der Waals surface area contributed by atoms with Crippen LogP contribution in [-0.4, -0.2) is 34.3 Å². The van der Waals surface area contributed by atoms with Crippen LogP contribution in [0.1, 0.15) is 35.0 Å². The van der Waals surface area contributed by atoms with Crippen molar-refractivity contribution in [3.63, 3.8) is 0 Å². The van der Waals surface area contributed by atoms with Gasteiger partial charge in [-0.05, 0) is 38.3 Å². The van der Waals surface area contributed by atoms with E-state index in [9.17, 15) is 9.59 Å². The van der Waals surface area contributed by atoms with Crippen LogP contribution in [0.25, 0.3) is 0 Å². The Bertz CT molecular complexity index is 831. The first-order valence-corrected chi connectivity index (χ1v) is 8.57. The maximum atomic E-state index is 12.8. The zero-order valence-corrected chi connectivity index (χ0v) is 15.2. The lowest BCUT2D eigenvalue weighted by atomic mass is 10.0. The van der Waals surface area contributed by atoms with Crippen LogP contribution in [0, 0.1) is 6.92 Å². The molecule has 1 aliphatic heterocycles. The number of esters is 1. The Kier molecular flexibility index (Phi) is 4.81. The predicted molar refractivity (Wildman–Crippen MR) is 94.9 cm³/mol. The second-order valence-corrected chi connectivity index (χ2v) is 6.50. The lowest BCUT2D eigenvalue weighted by Gasteiger charge is -2.31. The second kappa shape index (κ2) is 6.88. The molecule has 0 spiro atoms. The average molecular weight is 362 g/mol. The fourth-order valence-electron chi connectivity index (χ4n) is 3.11. The van der Waals surface area contributed by atoms with E-state index in [1.807, 2.05) is 24.3 Å². The molecule has 6 nitrogen and oxygen atoms in total. The number of ether oxygens (including phenoxy) is 1. The highest BCUT2D eigenvalue weighted by Crippen LogP contribution is 2.28. The second-order valence-electron chi connectivity index (χ2n) is 6.14. The standard InChI is InChI=1S/C18H20ClN3O3/c1-11-15(16(19)21(3)20-11)18(24)25-12(2)17(23)22-10-6-8-13-7-4-5-9-14(13)22/h4-5,7,9,12H,6,8,10H2,1-3H3. The first-order chi connectivity index (χ1) is 11.9. The Hall–Kier alpha value is -2.34. The molecule has 1 unspecified atom stereocenters. The molecule has 0 aliphatic carbocycles. The molecule has 25 heavy (non-hydrogen) atoms. The van der Waals surface area contributed by atoms with Crippen LogP contribution in [0.3, 0.4) is 0 Å². The topological polar surface area (TPSA) is 64.4 Å². The summed E-state index contributed by atoms with van der Waals surface area (Å²) in [5.74, 6) is -0.875. The van der Waals surface area contributed by atoms with Crippen molar-refractivity contribution in [3.8, 4) is 0 Å². The number of fused-ring (bicyclic) bond motifs is 1. The van der Waals surface area contributed by atoms with Crippen molar-refractivity contribution >= 4 is 29.2 Å². The smallest absolute Gasteiger partial charge is 0.343 e. The molecular weight excluding hydrogens is 342 g/mol. The van der Waals surface area contributed by atoms with Crippen LogP contribution >= 0.6 is 11.6 Å². The van der Waals surface area contributed by atoms with Crippen molar-refractivity contribution in [1.82, 2.24) is 9.78 Å². The van der Waals surface area contributed by atoms with Gasteiger partial charge in [-0.25, -0.2) is 4.79 Å². The number of rotatable bonds is 3. The molecule has 2 heterocycles. The summed E-state index contributed by atoms with van der Waals surface area (Å²) < 4.78 is 6.78. The molecule has 0 saturated heterocycles. The van der Waals surface area contributed by atoms with E-state index in [0.717, 1.165) is 24.1 Å². The molecule has 0 N–H and O–H groups in total. The number of hydrogen-bond acceptors (Lipinski definition) is 4. The van der Waals surface area contributed by atoms with E-state index in [1.54, 1.807) is 25.8 Å². The monoisotopic (exact) mass is 361 g/mol. The van der Waals surface area contributed by atoms with Gasteiger partial charge in [-0.3, -0.25) is 9.48 Å². The van der Waals surface area contributed by atoms with Gasteiger partial charge in [0, 0.05) is 19.3 Å². The van der Waals surface area contributed by atoms with Gasteiger partial charge < -0.3 is 9.64 Å². The van der Waals surface area contributed by atoms with Gasteiger partial charge in [0.05, 0.1) is 5.69 Å². The van der Waals surface area contributed by atoms with Crippen LogP contribution in [0.5, 0.6) is 0 Å². The van der Waals surface area contributed by atoms with Gasteiger partial charge in [-0.1, -0.05) is 29.8 Å². The average Bonchev–Trinajstić information content (AvgIpc) is 2.85. The number of amides is 1. The van der Waals surface area contributed by atoms with Crippen LogP contribution in [0.15, 0.2) is 24.3 Å². The summed E-state index contributed by atoms with van der Waals surface area (Å²) >= 11 is 6.09. The van der Waals surface area contributed by atoms with Crippen molar-refractivity contribution in [2.24, 2.45) is 7.05 Å². The van der Waals surface area contributed by atoms with E-state index >= 15 is 0 Å². The Balaban J connectivity index is 1.77. The molecule has 0 radical (unpaired) electrons. The van der Waals surface area contributed by atoms with Gasteiger partial charge in [-0.2, -0.15) is 5.10 Å². The minimum Gasteiger partial charge on any atom is -0.449 e. The minimum atomic E-state index is -0.908. The third kappa shape index (κ3) is 3.26. The summed E-state index contributed by atoms with van der Waals surface area (Å²) in [5.41, 5.74) is 2.69. The zero-order valence-electron chi connectivity index (χ0n) is 14.5. The molecule has 0 bridgehead atoms. The molecule has 1 atom stereocenters. The third-order valence-electron chi connectivity index (χ3n) is 4.36. The number of aromatic nitrogens is 2. The Morgan fingerprint density at radius 2 is 2.04 bits per heavy atom. The summed E-state index contributed by atoms with van der Waals surface area (Å²) in [7, 11) is 1.64. The van der Waals surface area contributed by atoms with Gasteiger partial charge >= 0.3 is 5.97 Å². The molecule has 0 fully saturated rings. The first-order valence-electron chi connectivity index (χ1n) is 8.19. The first kappa shape index (κ1) is 17.5. The van der Waals surface area contributed by atoms with Gasteiger partial charge in [0.1, 0.15) is 10.7 Å². The fourth-order valence-corrected chi connectivity index (χ4v) is 3.37. The zero-order chi connectivity index (χ0) is 18.1. The molecule has 1 aromatic heterocycles. The summed E-state index contributed by atoms with van der Waals surface area (Å²) in [6, 6.07) is 7.80. The lowest BCUT2D eigenvalue weighted by molar-refractivity contribution is -0.126. The van der Waals surface area contributed by atoms with Crippen molar-refractivity contribution in [2.45, 2.75) is 32.8 Å². The quantitative estimate of drug-likeness (QED) is 0.788. The fraction of sp³-hybridized carbons (Fsp3) is 0.389. The highest BCUT2D eigenvalue weighted by Gasteiger charge is 2.30. The van der Waals surface area contributed by atoms with E-state index < -0.39 is 12.1 Å². The number of benzene rings is 1. The van der Waals surface area contributed by atoms with Crippen molar-refractivity contribution in [1.29, 1.82) is 0 Å². The van der Waals surface area contributed by atoms with Crippen molar-refractivity contribution < 1.29 is 14.3 Å². The van der Waals surface area contributed by atoms with E-state index in [2.05, 4.69) is 5.10 Å². The summed E-state index contributed by atoms with van der Waals surface area (Å²) in [6.45, 7) is 3.87. The number of anilines is 1. The maximum Gasteiger partial charge on any atom is 0.343 e. The maximum absolute atomic E-state index is 12.8. The highest BCUT2D eigenvalue weighted by atomic mass is 35.5. The Morgan fingerprint density at radius 3 is 2.72 bits per heavy atom. The Labute approximate surface area is 151 Å². The van der Waals surface area contributed by atoms with Crippen molar-refractivity contribution in [2.75, 3.05) is 11.4 Å². The Morgan fingerprint density at radius 1 is 1.32 bits per heavy atom. The third-order valence-corrected chi connectivity index (χ3v) is 4.80. The molecule has 7 heteroatoms. The number of hydrogen-bond donors (Lipinski definition) is 0. The SMILES string of the molecule is Cc1nn(C)c(Cl)c1C(=O)OC(C)C(=O)N1CCCc2ccccc21. The number of halogens is 1. The summed E-state index contributed by atoms with van der Waals surface area (Å²) in [4.78, 5) is 26.9. The van der Waals surface area contributed by atoms with Crippen LogP contribution in [0.2, 0.25) is 5.15 Å². The number of carbonyl (C=O) groups is 2. The van der Waals surface area contributed by atoms with E-state index in [0.29, 0.717) is 12.2 Å². The van der Waals surface area contributed by atoms with E-state index in [4.69, 9.17) is 16.3 Å². The molecule has 132 valence electrons. The van der Waals surface area contributed by atoms with Gasteiger partial charge in [0.2, 0.25) is 0 Å². The minimum absolute atomic E-state index is 0.197. The van der Waals surface area contributed by atoms with E-state index in [1.165, 1.54) is 4.68 Å². The van der Waals surface area contributed by atoms with Gasteiger partial charge in [0.15, 0.2) is 6.10 Å². The largest absolute Gasteiger partial charge is 0.449 e. The number of nitrogens with zero attached hydrogens (tertiary/aromatic N) is 3.